The van der Waals surface area contributed by atoms with Gasteiger partial charge in [0.05, 0.1) is 23.7 Å². The van der Waals surface area contributed by atoms with Gasteiger partial charge < -0.3 is 20.6 Å². The highest BCUT2D eigenvalue weighted by Gasteiger charge is 2.19. The number of hydrogen-bond donors (Lipinski definition) is 3. The van der Waals surface area contributed by atoms with E-state index in [1.165, 1.54) is 0 Å². The average Bonchev–Trinajstić information content (AvgIpc) is 3.57. The summed E-state index contributed by atoms with van der Waals surface area (Å²) in [7, 11) is 0. The molecular formula is C26H26N8O2. The van der Waals surface area contributed by atoms with E-state index in [1.54, 1.807) is 35.4 Å². The molecule has 0 fully saturated rings. The zero-order valence-corrected chi connectivity index (χ0v) is 20.0. The number of aromatic amines is 1. The van der Waals surface area contributed by atoms with Crippen molar-refractivity contribution in [1.29, 1.82) is 0 Å². The van der Waals surface area contributed by atoms with Gasteiger partial charge in [-0.2, -0.15) is 5.10 Å². The number of carbonyl (C=O) groups is 1. The van der Waals surface area contributed by atoms with Gasteiger partial charge in [0.25, 0.3) is 0 Å². The molecular weight excluding hydrogens is 456 g/mol. The van der Waals surface area contributed by atoms with Crippen LogP contribution in [0.4, 0.5) is 11.6 Å². The molecule has 0 bridgehead atoms. The Balaban J connectivity index is 1.43. The molecule has 0 aliphatic rings. The molecule has 10 heteroatoms. The molecule has 0 aliphatic carbocycles. The van der Waals surface area contributed by atoms with Crippen LogP contribution in [-0.2, 0) is 24.3 Å². The molecule has 36 heavy (non-hydrogen) atoms. The topological polar surface area (TPSA) is 137 Å². The number of nitrogens with zero attached hydrogens (tertiary/aromatic N) is 5. The zero-order valence-electron chi connectivity index (χ0n) is 20.0. The Labute approximate surface area is 206 Å². The van der Waals surface area contributed by atoms with Gasteiger partial charge in [-0.1, -0.05) is 24.3 Å². The Kier molecular flexibility index (Phi) is 6.07. The van der Waals surface area contributed by atoms with Gasteiger partial charge in [0.15, 0.2) is 0 Å². The van der Waals surface area contributed by atoms with Gasteiger partial charge in [-0.25, -0.2) is 14.6 Å². The number of imidazole rings is 1. The number of carbonyl (C=O) groups excluding carboxylic acids is 1. The second kappa shape index (κ2) is 9.49. The van der Waals surface area contributed by atoms with Crippen LogP contribution >= 0.6 is 0 Å². The Morgan fingerprint density at radius 2 is 1.86 bits per heavy atom. The van der Waals surface area contributed by atoms with Crippen molar-refractivity contribution in [2.24, 2.45) is 0 Å². The largest absolute Gasteiger partial charge is 0.384 e. The number of rotatable bonds is 7. The van der Waals surface area contributed by atoms with Crippen molar-refractivity contribution >= 4 is 28.6 Å². The van der Waals surface area contributed by atoms with E-state index in [0.29, 0.717) is 52.8 Å². The van der Waals surface area contributed by atoms with Crippen molar-refractivity contribution in [3.63, 3.8) is 0 Å². The lowest BCUT2D eigenvalue weighted by Gasteiger charge is -2.15. The first-order valence-corrected chi connectivity index (χ1v) is 11.7. The van der Waals surface area contributed by atoms with E-state index in [4.69, 9.17) is 10.7 Å². The molecule has 5 rings (SSSR count). The van der Waals surface area contributed by atoms with Crippen LogP contribution in [0, 0.1) is 0 Å². The van der Waals surface area contributed by atoms with E-state index in [2.05, 4.69) is 20.4 Å². The first-order chi connectivity index (χ1) is 17.5. The summed E-state index contributed by atoms with van der Waals surface area (Å²) >= 11 is 0. The van der Waals surface area contributed by atoms with E-state index < -0.39 is 0 Å². The zero-order chi connectivity index (χ0) is 25.2. The van der Waals surface area contributed by atoms with Crippen molar-refractivity contribution in [3.05, 3.63) is 76.8 Å². The minimum absolute atomic E-state index is 0.114. The van der Waals surface area contributed by atoms with Crippen molar-refractivity contribution in [2.75, 3.05) is 11.1 Å². The summed E-state index contributed by atoms with van der Waals surface area (Å²) < 4.78 is 3.55. The number of nitrogen functional groups attached to an aromatic ring is 1. The van der Waals surface area contributed by atoms with E-state index in [1.807, 2.05) is 48.7 Å². The Bertz CT molecular complexity index is 1600. The first-order valence-electron chi connectivity index (χ1n) is 11.7. The molecule has 0 radical (unpaired) electrons. The van der Waals surface area contributed by atoms with E-state index in [9.17, 15) is 9.59 Å². The summed E-state index contributed by atoms with van der Waals surface area (Å²) in [6.45, 7) is 5.14. The molecule has 0 unspecified atom stereocenters. The van der Waals surface area contributed by atoms with Crippen LogP contribution in [0.2, 0.25) is 0 Å². The van der Waals surface area contributed by atoms with Gasteiger partial charge >= 0.3 is 0 Å². The molecule has 0 aliphatic heterocycles. The van der Waals surface area contributed by atoms with Gasteiger partial charge in [0.2, 0.25) is 11.3 Å². The molecule has 5 aromatic rings. The van der Waals surface area contributed by atoms with Crippen LogP contribution in [0.15, 0.2) is 65.8 Å². The molecule has 0 saturated heterocycles. The summed E-state index contributed by atoms with van der Waals surface area (Å²) in [5, 5.41) is 7.53. The molecule has 4 heterocycles. The third-order valence-corrected chi connectivity index (χ3v) is 6.10. The number of amides is 1. The van der Waals surface area contributed by atoms with Gasteiger partial charge in [0, 0.05) is 37.1 Å². The maximum atomic E-state index is 13.2. The van der Waals surface area contributed by atoms with Crippen molar-refractivity contribution < 1.29 is 4.79 Å². The van der Waals surface area contributed by atoms with Crippen molar-refractivity contribution in [2.45, 2.75) is 33.4 Å². The predicted octanol–water partition coefficient (Wildman–Crippen LogP) is 3.45. The third-order valence-electron chi connectivity index (χ3n) is 6.10. The van der Waals surface area contributed by atoms with E-state index in [0.717, 1.165) is 11.1 Å². The lowest BCUT2D eigenvalue weighted by atomic mass is 10.1. The summed E-state index contributed by atoms with van der Waals surface area (Å²) in [5.41, 5.74) is 9.48. The number of anilines is 2. The molecule has 1 aromatic carbocycles. The molecule has 4 aromatic heterocycles. The number of fused-ring (bicyclic) bond motifs is 1. The number of nitrogens with two attached hydrogens (primary N) is 1. The van der Waals surface area contributed by atoms with Gasteiger partial charge in [-0.3, -0.25) is 9.59 Å². The first kappa shape index (κ1) is 23.0. The van der Waals surface area contributed by atoms with Crippen LogP contribution in [0.1, 0.15) is 19.4 Å². The SMILES string of the molecule is CCn1nccc1NC(=O)Cc1ccc(-c2ccc3c(=O)c(-c4ncc[nH]4)c(N)n(CC)c3n2)cc1. The molecule has 0 saturated carbocycles. The monoisotopic (exact) mass is 482 g/mol. The van der Waals surface area contributed by atoms with Crippen molar-refractivity contribution in [1.82, 2.24) is 29.3 Å². The van der Waals surface area contributed by atoms with Gasteiger partial charge in [-0.05, 0) is 31.5 Å². The van der Waals surface area contributed by atoms with Crippen LogP contribution in [0.3, 0.4) is 0 Å². The van der Waals surface area contributed by atoms with Crippen molar-refractivity contribution in [3.8, 4) is 22.6 Å². The van der Waals surface area contributed by atoms with Gasteiger partial charge in [0.1, 0.15) is 28.7 Å². The fraction of sp³-hybridized carbons (Fsp3) is 0.192. The van der Waals surface area contributed by atoms with E-state index in [-0.39, 0.29) is 17.8 Å². The third kappa shape index (κ3) is 4.13. The summed E-state index contributed by atoms with van der Waals surface area (Å²) in [5.74, 6) is 1.32. The van der Waals surface area contributed by atoms with Crippen LogP contribution in [-0.4, -0.2) is 35.2 Å². The maximum Gasteiger partial charge on any atom is 0.229 e. The molecule has 0 atom stereocenters. The lowest BCUT2D eigenvalue weighted by Crippen LogP contribution is -2.18. The average molecular weight is 483 g/mol. The summed E-state index contributed by atoms with van der Waals surface area (Å²) in [6.07, 6.45) is 5.14. The van der Waals surface area contributed by atoms with Crippen LogP contribution in [0.5, 0.6) is 0 Å². The van der Waals surface area contributed by atoms with Crippen LogP contribution < -0.4 is 16.5 Å². The highest BCUT2D eigenvalue weighted by molar-refractivity contribution is 5.91. The normalized spacial score (nSPS) is 11.2. The fourth-order valence-electron chi connectivity index (χ4n) is 4.30. The summed E-state index contributed by atoms with van der Waals surface area (Å²) in [4.78, 5) is 37.7. The number of hydrogen-bond acceptors (Lipinski definition) is 6. The highest BCUT2D eigenvalue weighted by atomic mass is 16.1. The number of pyridine rings is 2. The molecule has 10 nitrogen and oxygen atoms in total. The quantitative estimate of drug-likeness (QED) is 0.325. The fourth-order valence-corrected chi connectivity index (χ4v) is 4.30. The number of benzene rings is 1. The number of nitrogens with one attached hydrogen (secondary N) is 2. The van der Waals surface area contributed by atoms with E-state index >= 15 is 0 Å². The lowest BCUT2D eigenvalue weighted by molar-refractivity contribution is -0.115. The molecule has 182 valence electrons. The second-order valence-corrected chi connectivity index (χ2v) is 8.29. The highest BCUT2D eigenvalue weighted by Crippen LogP contribution is 2.26. The Morgan fingerprint density at radius 3 is 2.56 bits per heavy atom. The van der Waals surface area contributed by atoms with Crippen LogP contribution in [0.25, 0.3) is 33.7 Å². The predicted molar refractivity (Wildman–Crippen MR) is 139 cm³/mol. The molecule has 4 N–H and O–H groups in total. The number of aromatic nitrogens is 6. The number of H-pyrrole nitrogens is 1. The minimum Gasteiger partial charge on any atom is -0.384 e. The summed E-state index contributed by atoms with van der Waals surface area (Å²) in [6, 6.07) is 13.0. The smallest absolute Gasteiger partial charge is 0.229 e. The number of aryl methyl sites for hydroxylation is 2. The molecule has 0 spiro atoms. The second-order valence-electron chi connectivity index (χ2n) is 8.29. The standard InChI is InChI=1S/C26H26N8O2/c1-3-33-24(27)22(25-28-13-14-29-25)23(36)18-9-10-19(31-26(18)33)17-7-5-16(6-8-17)15-21(35)32-20-11-12-30-34(20)4-2/h5-14H,3-4,15,27H2,1-2H3,(H,28,29)(H,32,35). The Morgan fingerprint density at radius 1 is 1.06 bits per heavy atom. The minimum atomic E-state index is -0.216. The maximum absolute atomic E-state index is 13.2. The van der Waals surface area contributed by atoms with Gasteiger partial charge in [-0.15, -0.1) is 0 Å². The molecule has 1 amide bonds. The Hall–Kier alpha value is -4.73.